The Balaban J connectivity index is 2.00. The highest BCUT2D eigenvalue weighted by Gasteiger charge is 2.42. The molecule has 1 heterocycles. The Labute approximate surface area is 123 Å². The van der Waals surface area contributed by atoms with E-state index in [2.05, 4.69) is 4.79 Å². The van der Waals surface area contributed by atoms with Gasteiger partial charge >= 0.3 is 8.80 Å². The van der Waals surface area contributed by atoms with Crippen LogP contribution in [-0.4, -0.2) is 40.6 Å². The molecule has 0 N–H and O–H groups in total. The standard InChI is InChI=1S/C14H28N2O3Si/c1-17-20(18-2)12-10-14(13-19-20)9-7-5-3-4-6-8-11-16-15/h11,14H,3-10,12-13H2,1-2H3. The second-order valence-corrected chi connectivity index (χ2v) is 8.42. The number of unbranched alkanes of at least 4 members (excludes halogenated alkanes) is 5. The van der Waals surface area contributed by atoms with E-state index in [4.69, 9.17) is 18.8 Å². The van der Waals surface area contributed by atoms with Gasteiger partial charge in [0.2, 0.25) is 0 Å². The molecule has 0 aromatic heterocycles. The van der Waals surface area contributed by atoms with Crippen molar-refractivity contribution < 1.29 is 18.1 Å². The van der Waals surface area contributed by atoms with Crippen molar-refractivity contribution in [1.82, 2.24) is 0 Å². The van der Waals surface area contributed by atoms with Crippen LogP contribution in [-0.2, 0) is 13.3 Å². The third-order valence-electron chi connectivity index (χ3n) is 4.05. The molecule has 0 amide bonds. The summed E-state index contributed by atoms with van der Waals surface area (Å²) in [4.78, 5) is 3.00. The van der Waals surface area contributed by atoms with Crippen molar-refractivity contribution in [3.05, 3.63) is 5.53 Å². The van der Waals surface area contributed by atoms with Crippen molar-refractivity contribution >= 4 is 15.0 Å². The van der Waals surface area contributed by atoms with Crippen molar-refractivity contribution in [2.45, 2.75) is 57.4 Å². The average molecular weight is 300 g/mol. The molecule has 6 heteroatoms. The summed E-state index contributed by atoms with van der Waals surface area (Å²) in [6, 6.07) is 0.950. The first-order valence-electron chi connectivity index (χ1n) is 7.66. The molecule has 1 atom stereocenters. The lowest BCUT2D eigenvalue weighted by Gasteiger charge is -2.34. The molecule has 0 saturated carbocycles. The van der Waals surface area contributed by atoms with E-state index in [1.807, 2.05) is 0 Å². The number of hydrogen-bond acceptors (Lipinski definition) is 3. The second-order valence-electron chi connectivity index (χ2n) is 5.45. The Hall–Kier alpha value is -0.523. The minimum absolute atomic E-state index is 0.669. The van der Waals surface area contributed by atoms with E-state index in [9.17, 15) is 0 Å². The summed E-state index contributed by atoms with van der Waals surface area (Å²) in [5.41, 5.74) is 8.27. The zero-order chi connectivity index (χ0) is 14.7. The van der Waals surface area contributed by atoms with E-state index in [0.717, 1.165) is 25.5 Å². The smallest absolute Gasteiger partial charge is 0.377 e. The summed E-state index contributed by atoms with van der Waals surface area (Å²) in [5.74, 6) is 0.669. The lowest BCUT2D eigenvalue weighted by molar-refractivity contribution is 0.000726. The minimum atomic E-state index is -2.28. The summed E-state index contributed by atoms with van der Waals surface area (Å²) < 4.78 is 16.7. The van der Waals surface area contributed by atoms with Gasteiger partial charge in [-0.1, -0.05) is 25.7 Å². The van der Waals surface area contributed by atoms with Gasteiger partial charge in [-0.25, -0.2) is 0 Å². The number of rotatable bonds is 10. The molecule has 0 spiro atoms. The van der Waals surface area contributed by atoms with Crippen molar-refractivity contribution in [2.75, 3.05) is 20.8 Å². The van der Waals surface area contributed by atoms with Crippen LogP contribution in [0.4, 0.5) is 0 Å². The fourth-order valence-electron chi connectivity index (χ4n) is 2.67. The Bertz CT molecular complexity index is 295. The van der Waals surface area contributed by atoms with Crippen molar-refractivity contribution in [1.29, 1.82) is 0 Å². The molecule has 0 radical (unpaired) electrons. The predicted molar refractivity (Wildman–Crippen MR) is 80.6 cm³/mol. The SMILES string of the molecule is CO[Si]1(OC)CCC(CCCCCCCC=[N+]=[N-])CO1. The third kappa shape index (κ3) is 6.28. The van der Waals surface area contributed by atoms with Crippen molar-refractivity contribution in [3.8, 4) is 0 Å². The van der Waals surface area contributed by atoms with Gasteiger partial charge in [0, 0.05) is 33.3 Å². The van der Waals surface area contributed by atoms with Gasteiger partial charge in [-0.2, -0.15) is 4.79 Å². The third-order valence-corrected chi connectivity index (χ3v) is 6.80. The maximum Gasteiger partial charge on any atom is 0.500 e. The second kappa shape index (κ2) is 10.2. The van der Waals surface area contributed by atoms with Gasteiger partial charge in [0.1, 0.15) is 0 Å². The molecule has 1 unspecified atom stereocenters. The Morgan fingerprint density at radius 3 is 2.50 bits per heavy atom. The fourth-order valence-corrected chi connectivity index (χ4v) is 4.88. The van der Waals surface area contributed by atoms with Gasteiger partial charge in [0.15, 0.2) is 0 Å². The zero-order valence-corrected chi connectivity index (χ0v) is 13.8. The maximum atomic E-state index is 8.27. The molecule has 0 bridgehead atoms. The molecule has 1 rings (SSSR count). The van der Waals surface area contributed by atoms with E-state index in [1.54, 1.807) is 20.4 Å². The van der Waals surface area contributed by atoms with Crippen LogP contribution in [0.2, 0.25) is 6.04 Å². The largest absolute Gasteiger partial charge is 0.500 e. The molecule has 116 valence electrons. The molecule has 20 heavy (non-hydrogen) atoms. The summed E-state index contributed by atoms with van der Waals surface area (Å²) in [5, 5.41) is 0. The molecule has 1 aliphatic heterocycles. The van der Waals surface area contributed by atoms with Crippen LogP contribution in [0, 0.1) is 5.92 Å². The lowest BCUT2D eigenvalue weighted by Crippen LogP contribution is -2.48. The van der Waals surface area contributed by atoms with E-state index < -0.39 is 8.80 Å². The first-order valence-corrected chi connectivity index (χ1v) is 9.59. The van der Waals surface area contributed by atoms with E-state index >= 15 is 0 Å². The molecule has 1 saturated heterocycles. The summed E-state index contributed by atoms with van der Waals surface area (Å²) in [6.07, 6.45) is 11.0. The number of hydrogen-bond donors (Lipinski definition) is 0. The van der Waals surface area contributed by atoms with Crippen LogP contribution < -0.4 is 0 Å². The highest BCUT2D eigenvalue weighted by atomic mass is 28.4. The molecule has 0 aliphatic carbocycles. The van der Waals surface area contributed by atoms with Gasteiger partial charge in [-0.05, 0) is 25.2 Å². The average Bonchev–Trinajstić information content (AvgIpc) is 2.51. The van der Waals surface area contributed by atoms with Crippen LogP contribution in [0.1, 0.15) is 51.4 Å². The Morgan fingerprint density at radius 1 is 1.20 bits per heavy atom. The minimum Gasteiger partial charge on any atom is -0.377 e. The molecule has 5 nitrogen and oxygen atoms in total. The molecule has 0 aromatic carbocycles. The lowest BCUT2D eigenvalue weighted by atomic mass is 9.98. The molecule has 0 aromatic rings. The Morgan fingerprint density at radius 2 is 1.90 bits per heavy atom. The Kier molecular flexibility index (Phi) is 8.97. The van der Waals surface area contributed by atoms with E-state index in [-0.39, 0.29) is 0 Å². The molecular formula is C14H28N2O3Si. The van der Waals surface area contributed by atoms with Crippen LogP contribution in [0.5, 0.6) is 0 Å². The zero-order valence-electron chi connectivity index (χ0n) is 12.8. The first-order chi connectivity index (χ1) is 9.76. The number of nitrogens with zero attached hydrogens (tertiary/aromatic N) is 2. The molecular weight excluding hydrogens is 272 g/mol. The predicted octanol–water partition coefficient (Wildman–Crippen LogP) is 3.29. The topological polar surface area (TPSA) is 64.1 Å². The van der Waals surface area contributed by atoms with Gasteiger partial charge in [-0.3, -0.25) is 0 Å². The first kappa shape index (κ1) is 17.5. The summed E-state index contributed by atoms with van der Waals surface area (Å²) in [6.45, 7) is 0.793. The van der Waals surface area contributed by atoms with E-state index in [0.29, 0.717) is 5.92 Å². The monoisotopic (exact) mass is 300 g/mol. The summed E-state index contributed by atoms with van der Waals surface area (Å²) in [7, 11) is 1.11. The molecule has 1 aliphatic rings. The maximum absolute atomic E-state index is 8.27. The van der Waals surface area contributed by atoms with Crippen LogP contribution in [0.25, 0.3) is 5.53 Å². The van der Waals surface area contributed by atoms with Gasteiger partial charge in [0.05, 0.1) is 0 Å². The highest BCUT2D eigenvalue weighted by molar-refractivity contribution is 6.60. The van der Waals surface area contributed by atoms with Gasteiger partial charge in [0.25, 0.3) is 6.21 Å². The van der Waals surface area contributed by atoms with E-state index in [1.165, 1.54) is 38.5 Å². The van der Waals surface area contributed by atoms with Crippen LogP contribution >= 0.6 is 0 Å². The van der Waals surface area contributed by atoms with Gasteiger partial charge < -0.3 is 18.8 Å². The van der Waals surface area contributed by atoms with Crippen molar-refractivity contribution in [2.24, 2.45) is 5.92 Å². The van der Waals surface area contributed by atoms with Crippen LogP contribution in [0.3, 0.4) is 0 Å². The van der Waals surface area contributed by atoms with Crippen LogP contribution in [0.15, 0.2) is 0 Å². The fraction of sp³-hybridized carbons (Fsp3) is 0.929. The molecule has 1 fully saturated rings. The highest BCUT2D eigenvalue weighted by Crippen LogP contribution is 2.29. The van der Waals surface area contributed by atoms with Crippen molar-refractivity contribution in [3.63, 3.8) is 0 Å². The quantitative estimate of drug-likeness (QED) is 0.204. The summed E-state index contributed by atoms with van der Waals surface area (Å²) >= 11 is 0. The van der Waals surface area contributed by atoms with Gasteiger partial charge in [-0.15, -0.1) is 0 Å². The normalized spacial score (nSPS) is 21.4.